The van der Waals surface area contributed by atoms with E-state index in [9.17, 15) is 19.8 Å². The number of carbonyl (C=O) groups is 2. The van der Waals surface area contributed by atoms with Crippen molar-refractivity contribution < 1.29 is 24.5 Å². The van der Waals surface area contributed by atoms with Crippen LogP contribution in [0, 0.1) is 50.2 Å². The van der Waals surface area contributed by atoms with Gasteiger partial charge in [-0.25, -0.2) is 0 Å². The van der Waals surface area contributed by atoms with E-state index in [1.807, 2.05) is 13.0 Å². The van der Waals surface area contributed by atoms with Gasteiger partial charge in [-0.2, -0.15) is 0 Å². The number of carboxylic acid groups (broad SMARTS) is 1. The molecule has 0 spiro atoms. The summed E-state index contributed by atoms with van der Waals surface area (Å²) in [5.74, 6) is -0.249. The molecule has 194 valence electrons. The second kappa shape index (κ2) is 6.62. The number of fused-ring (bicyclic) bond motifs is 9. The number of hydrogen-bond acceptors (Lipinski definition) is 4. The monoisotopic (exact) mass is 484 g/mol. The van der Waals surface area contributed by atoms with Gasteiger partial charge in [-0.05, 0) is 91.4 Å². The van der Waals surface area contributed by atoms with Crippen LogP contribution in [-0.2, 0) is 14.3 Å². The number of ether oxygens (including phenoxy) is 1. The van der Waals surface area contributed by atoms with Gasteiger partial charge in [0.15, 0.2) is 5.78 Å². The van der Waals surface area contributed by atoms with Crippen molar-refractivity contribution in [3.8, 4) is 0 Å². The van der Waals surface area contributed by atoms with Crippen LogP contribution >= 0.6 is 0 Å². The maximum absolute atomic E-state index is 14.3. The van der Waals surface area contributed by atoms with Crippen molar-refractivity contribution in [3.05, 3.63) is 11.6 Å². The molecule has 2 N–H and O–H groups in total. The van der Waals surface area contributed by atoms with Gasteiger partial charge in [-0.15, -0.1) is 0 Å². The molecule has 1 aliphatic heterocycles. The Balaban J connectivity index is 1.48. The lowest BCUT2D eigenvalue weighted by molar-refractivity contribution is -0.194. The highest BCUT2D eigenvalue weighted by atomic mass is 16.6. The molecule has 0 aromatic carbocycles. The van der Waals surface area contributed by atoms with Crippen molar-refractivity contribution in [3.63, 3.8) is 0 Å². The Morgan fingerprint density at radius 2 is 1.66 bits per heavy atom. The van der Waals surface area contributed by atoms with E-state index < -0.39 is 17.5 Å². The average molecular weight is 485 g/mol. The molecule has 35 heavy (non-hydrogen) atoms. The first-order valence-corrected chi connectivity index (χ1v) is 13.9. The first kappa shape index (κ1) is 24.2. The molecule has 6 rings (SSSR count). The summed E-state index contributed by atoms with van der Waals surface area (Å²) in [5, 5.41) is 21.1. The van der Waals surface area contributed by atoms with Crippen LogP contribution in [0.2, 0.25) is 0 Å². The van der Waals surface area contributed by atoms with E-state index in [4.69, 9.17) is 4.74 Å². The zero-order valence-corrected chi connectivity index (χ0v) is 22.6. The molecule has 6 aliphatic rings. The van der Waals surface area contributed by atoms with Gasteiger partial charge >= 0.3 is 5.97 Å². The first-order chi connectivity index (χ1) is 16.1. The number of ketones is 1. The van der Waals surface area contributed by atoms with Gasteiger partial charge in [-0.1, -0.05) is 47.1 Å². The Bertz CT molecular complexity index is 1050. The van der Waals surface area contributed by atoms with Gasteiger partial charge in [0.05, 0.1) is 17.6 Å². The van der Waals surface area contributed by atoms with E-state index in [0.717, 1.165) is 32.1 Å². The largest absolute Gasteiger partial charge is 0.481 e. The number of hydrogen-bond donors (Lipinski definition) is 2. The molecule has 0 aromatic rings. The third-order valence-electron chi connectivity index (χ3n) is 13.4. The van der Waals surface area contributed by atoms with E-state index >= 15 is 0 Å². The van der Waals surface area contributed by atoms with Gasteiger partial charge in [0.2, 0.25) is 0 Å². The van der Waals surface area contributed by atoms with E-state index in [0.29, 0.717) is 12.8 Å². The highest BCUT2D eigenvalue weighted by Gasteiger charge is 2.77. The molecule has 4 saturated carbocycles. The highest BCUT2D eigenvalue weighted by molar-refractivity contribution is 5.96. The minimum absolute atomic E-state index is 0.0542. The van der Waals surface area contributed by atoms with E-state index in [-0.39, 0.29) is 62.8 Å². The number of carboxylic acids is 1. The summed E-state index contributed by atoms with van der Waals surface area (Å²) in [6.07, 6.45) is 7.63. The predicted molar refractivity (Wildman–Crippen MR) is 132 cm³/mol. The van der Waals surface area contributed by atoms with Gasteiger partial charge in [0.25, 0.3) is 0 Å². The van der Waals surface area contributed by atoms with Gasteiger partial charge in [0.1, 0.15) is 6.10 Å². The normalized spacial score (nSPS) is 58.1. The fourth-order valence-corrected chi connectivity index (χ4v) is 10.7. The van der Waals surface area contributed by atoms with Crippen molar-refractivity contribution >= 4 is 11.8 Å². The fourth-order valence-electron chi connectivity index (χ4n) is 10.7. The standard InChI is InChI=1S/C30H44O5/c1-25(2)19-8-9-29(6)21(30(19,7)23-20(35-23)22(25)32)18(31)14-16-17-15-27(4,24(33)34)11-10-26(17,3)12-13-28(16,29)5/h14,17,19-23,32H,8-13,15H2,1-7H3,(H,33,34)/t17?,19?,20-,21?,22+,23-,26-,27+,28-,29-,30+/m1/s1. The number of allylic oxidation sites excluding steroid dienone is 2. The summed E-state index contributed by atoms with van der Waals surface area (Å²) in [7, 11) is 0. The molecule has 3 unspecified atom stereocenters. The number of epoxide rings is 1. The summed E-state index contributed by atoms with van der Waals surface area (Å²) in [6, 6.07) is 0. The SMILES string of the molecule is CC1(C)C2CC[C@]3(C)C(C(=O)C=C4C5C[C@@](C)(C(=O)O)CC[C@]5(C)CC[C@]43C)[C@@]2(C)[C@@H]2O[C@@H]2[C@@H]1O. The van der Waals surface area contributed by atoms with Gasteiger partial charge in [-0.3, -0.25) is 9.59 Å². The first-order valence-electron chi connectivity index (χ1n) is 13.9. The zero-order valence-electron chi connectivity index (χ0n) is 22.6. The molecule has 1 saturated heterocycles. The Labute approximate surface area is 210 Å². The topological polar surface area (TPSA) is 87.1 Å². The molecule has 5 aliphatic carbocycles. The van der Waals surface area contributed by atoms with E-state index in [1.165, 1.54) is 5.57 Å². The van der Waals surface area contributed by atoms with Crippen LogP contribution in [0.1, 0.15) is 93.4 Å². The van der Waals surface area contributed by atoms with Crippen molar-refractivity contribution in [1.82, 2.24) is 0 Å². The van der Waals surface area contributed by atoms with Gasteiger partial charge in [0, 0.05) is 11.3 Å². The number of aliphatic carboxylic acids is 1. The number of aliphatic hydroxyl groups excluding tert-OH is 1. The summed E-state index contributed by atoms with van der Waals surface area (Å²) in [4.78, 5) is 26.6. The van der Waals surface area contributed by atoms with Crippen molar-refractivity contribution in [2.24, 2.45) is 50.2 Å². The van der Waals surface area contributed by atoms with Gasteiger partial charge < -0.3 is 14.9 Å². The van der Waals surface area contributed by atoms with Crippen LogP contribution < -0.4 is 0 Å². The number of aliphatic hydroxyl groups is 1. The summed E-state index contributed by atoms with van der Waals surface area (Å²) < 4.78 is 6.18. The molecular formula is C30H44O5. The second-order valence-corrected chi connectivity index (χ2v) is 15.2. The smallest absolute Gasteiger partial charge is 0.309 e. The Morgan fingerprint density at radius 1 is 1.00 bits per heavy atom. The predicted octanol–water partition coefficient (Wildman–Crippen LogP) is 5.40. The lowest BCUT2D eigenvalue weighted by Gasteiger charge is -2.69. The number of carbonyl (C=O) groups excluding carboxylic acids is 1. The van der Waals surface area contributed by atoms with Crippen molar-refractivity contribution in [1.29, 1.82) is 0 Å². The summed E-state index contributed by atoms with van der Waals surface area (Å²) in [5.41, 5.74) is -0.355. The molecular weight excluding hydrogens is 440 g/mol. The summed E-state index contributed by atoms with van der Waals surface area (Å²) in [6.45, 7) is 15.6. The average Bonchev–Trinajstić information content (AvgIpc) is 3.57. The lowest BCUT2D eigenvalue weighted by Crippen LogP contribution is -2.68. The molecule has 5 nitrogen and oxygen atoms in total. The van der Waals surface area contributed by atoms with Crippen LogP contribution in [0.5, 0.6) is 0 Å². The van der Waals surface area contributed by atoms with Crippen LogP contribution in [0.3, 0.4) is 0 Å². The third-order valence-corrected chi connectivity index (χ3v) is 13.4. The number of rotatable bonds is 1. The second-order valence-electron chi connectivity index (χ2n) is 15.2. The molecule has 0 amide bonds. The van der Waals surface area contributed by atoms with Crippen LogP contribution in [0.4, 0.5) is 0 Å². The zero-order chi connectivity index (χ0) is 25.6. The molecule has 0 radical (unpaired) electrons. The quantitative estimate of drug-likeness (QED) is 0.487. The maximum Gasteiger partial charge on any atom is 0.309 e. The van der Waals surface area contributed by atoms with Crippen molar-refractivity contribution in [2.45, 2.75) is 112 Å². The molecule has 1 heterocycles. The van der Waals surface area contributed by atoms with E-state index in [2.05, 4.69) is 41.5 Å². The Hall–Kier alpha value is -1.20. The Kier molecular flexibility index (Phi) is 4.57. The molecule has 5 fully saturated rings. The molecule has 11 atom stereocenters. The lowest BCUT2D eigenvalue weighted by atomic mass is 9.33. The highest BCUT2D eigenvalue weighted by Crippen LogP contribution is 2.76. The third kappa shape index (κ3) is 2.63. The fraction of sp³-hybridized carbons (Fsp3) is 0.867. The van der Waals surface area contributed by atoms with Crippen molar-refractivity contribution in [2.75, 3.05) is 0 Å². The summed E-state index contributed by atoms with van der Waals surface area (Å²) >= 11 is 0. The maximum atomic E-state index is 14.3. The van der Waals surface area contributed by atoms with E-state index in [1.54, 1.807) is 0 Å². The van der Waals surface area contributed by atoms with Crippen LogP contribution in [-0.4, -0.2) is 40.3 Å². The molecule has 0 aromatic heterocycles. The molecule has 0 bridgehead atoms. The minimum atomic E-state index is -0.730. The minimum Gasteiger partial charge on any atom is -0.481 e. The molecule has 5 heteroatoms. The van der Waals surface area contributed by atoms with Crippen LogP contribution in [0.15, 0.2) is 11.6 Å². The Morgan fingerprint density at radius 3 is 2.31 bits per heavy atom. The van der Waals surface area contributed by atoms with Crippen LogP contribution in [0.25, 0.3) is 0 Å².